The fraction of sp³-hybridized carbons (Fsp3) is 0.710. The van der Waals surface area contributed by atoms with E-state index in [9.17, 15) is 156 Å². The zero-order valence-electron chi connectivity index (χ0n) is 68.5. The SMILES string of the molecule is CC(C)(COP(=O)([O-])OP(=O)([O-])OCC1OC(n2cnc3c(N)ncnc32)C(O)C1OP(=O)([O-])[O-])C(O)C(=O)NCCC(=O)NCCSC(=O)C[C@@](C)(O)CC(=O)[O-].CC(C)(COP(=O)([O-])OP(=O)([O-])OCC1OC(n2cnc3c(N)ncnc32)C(O)C1OP(=O)([O-])[O-])C(O)C(=O)NCCC(=O)NCCS[C@@H](O)C[C@@](C)(O)CC(=O)[O-].CCCC(O)C[C@@H](O)CC(=O)[O-]. The number of ether oxygens (including phenoxy) is 2. The first-order valence-corrected chi connectivity index (χ1v) is 48.1. The van der Waals surface area contributed by atoms with Crippen molar-refractivity contribution in [1.82, 2.24) is 60.3 Å². The summed E-state index contributed by atoms with van der Waals surface area (Å²) < 4.78 is 121. The second kappa shape index (κ2) is 49.6. The molecule has 15 unspecified atom stereocenters. The highest BCUT2D eigenvalue weighted by molar-refractivity contribution is 8.13. The Balaban J connectivity index is 0.000000474. The van der Waals surface area contributed by atoms with Gasteiger partial charge in [0.25, 0.3) is 31.3 Å². The molecule has 0 radical (unpaired) electrons. The van der Waals surface area contributed by atoms with Crippen molar-refractivity contribution in [3.05, 3.63) is 25.3 Å². The van der Waals surface area contributed by atoms with Crippen LogP contribution < -0.4 is 87.2 Å². The van der Waals surface area contributed by atoms with E-state index >= 15 is 0 Å². The van der Waals surface area contributed by atoms with E-state index in [0.717, 1.165) is 99.0 Å². The van der Waals surface area contributed by atoms with Gasteiger partial charge in [0.1, 0.15) is 78.0 Å². The molecule has 58 nitrogen and oxygen atoms in total. The summed E-state index contributed by atoms with van der Waals surface area (Å²) >= 11 is 1.67. The fourth-order valence-electron chi connectivity index (χ4n) is 11.2. The molecule has 0 aromatic carbocycles. The molecule has 4 aromatic heterocycles. The number of carbonyl (C=O) groups excluding carboxylic acids is 8. The number of carboxylic acids is 3. The number of phosphoric acid groups is 6. The van der Waals surface area contributed by atoms with Crippen molar-refractivity contribution in [1.29, 1.82) is 0 Å². The molecule has 19 atom stereocenters. The average molecular weight is 1990 g/mol. The van der Waals surface area contributed by atoms with Crippen LogP contribution in [0.15, 0.2) is 25.3 Å². The van der Waals surface area contributed by atoms with Gasteiger partial charge in [0.2, 0.25) is 23.6 Å². The van der Waals surface area contributed by atoms with Crippen molar-refractivity contribution >= 4 is 151 Å². The van der Waals surface area contributed by atoms with Crippen LogP contribution in [-0.2, 0) is 111 Å². The standard InChI is InChI=1S/C27H46N7O20P3S.C27H44N7O20P3S.C8H16O4/c2*1-26(2,21(40)24(41)30-5-4-15(35)29-6-7-58-17(38)9-27(3,42)8-16(36)37)11-51-57(48,49)54-56(46,47)50-10-14-20(53-55(43,44)45)19(39)25(52-14)34-13-33-18-22(28)31-12-32-23(18)34;1-2-3-6(9)4-7(10)5-8(11)12/h12-14,17,19-21,25,38-40,42H,4-11H2,1-3H3,(H,29,35)(H,30,41)(H,36,37)(H,46,47)(H,48,49)(H2,28,31,32)(H2,43,44,45);12-14,19-21,25,39-40,42H,4-11H2,1-3H3,(H,29,35)(H,30,41)(H,36,37)(H,46,47)(H,48,49)(H2,28,31,32)(H2,43,44,45);6-7,9-10H,2-5H2,1H3,(H,11,12)/p-11/t14?,17-,19?,20?,21?,25?,27+;14?,19?,20?,21?,25?,27-;6?,7-/m101/s1. The molecular formula is C62H95N14O44P6S2-11. The lowest BCUT2D eigenvalue weighted by atomic mass is 9.87. The molecule has 2 aliphatic rings. The van der Waals surface area contributed by atoms with Crippen LogP contribution >= 0.6 is 70.5 Å². The Bertz CT molecular complexity index is 4700. The van der Waals surface area contributed by atoms with Gasteiger partial charge in [-0.25, -0.2) is 38.5 Å². The number of nitrogens with one attached hydrogen (secondary N) is 4. The third-order valence-electron chi connectivity index (χ3n) is 17.3. The van der Waals surface area contributed by atoms with Crippen molar-refractivity contribution in [2.45, 2.75) is 203 Å². The summed E-state index contributed by atoms with van der Waals surface area (Å²) in [5.74, 6) is -7.52. The number of anilines is 2. The van der Waals surface area contributed by atoms with E-state index in [1.165, 1.54) is 6.92 Å². The number of nitrogen functional groups attached to an aromatic ring is 2. The van der Waals surface area contributed by atoms with Crippen LogP contribution in [0.2, 0.25) is 0 Å². The lowest BCUT2D eigenvalue weighted by molar-refractivity contribution is -0.348. The molecule has 0 bridgehead atoms. The highest BCUT2D eigenvalue weighted by Gasteiger charge is 2.50. The Morgan fingerprint density at radius 1 is 0.539 bits per heavy atom. The number of fused-ring (bicyclic) bond motifs is 2. The van der Waals surface area contributed by atoms with Gasteiger partial charge in [-0.15, -0.1) is 11.8 Å². The number of nitrogens with two attached hydrogens (primary N) is 2. The van der Waals surface area contributed by atoms with Crippen LogP contribution in [0, 0.1) is 10.8 Å². The summed E-state index contributed by atoms with van der Waals surface area (Å²) in [7, 11) is -35.4. The predicted molar refractivity (Wildman–Crippen MR) is 408 cm³/mol. The Kier molecular flexibility index (Phi) is 44.2. The molecule has 6 heterocycles. The van der Waals surface area contributed by atoms with Crippen molar-refractivity contribution < 1.29 is 211 Å². The Morgan fingerprint density at radius 3 is 1.31 bits per heavy atom. The third kappa shape index (κ3) is 40.2. The van der Waals surface area contributed by atoms with E-state index in [1.54, 1.807) is 0 Å². The zero-order chi connectivity index (χ0) is 97.3. The van der Waals surface area contributed by atoms with Crippen molar-refractivity contribution in [2.75, 3.05) is 75.6 Å². The quantitative estimate of drug-likeness (QED) is 0.0111. The van der Waals surface area contributed by atoms with Gasteiger partial charge >= 0.3 is 0 Å². The number of carboxylic acid groups (broad SMARTS) is 3. The Labute approximate surface area is 734 Å². The number of phosphoric ester groups is 6. The van der Waals surface area contributed by atoms with Gasteiger partial charge in [-0.1, -0.05) is 52.8 Å². The largest absolute Gasteiger partial charge is 0.790 e. The van der Waals surface area contributed by atoms with Crippen LogP contribution in [0.25, 0.3) is 22.3 Å². The van der Waals surface area contributed by atoms with Crippen molar-refractivity contribution in [3.8, 4) is 0 Å². The van der Waals surface area contributed by atoms with Crippen LogP contribution in [0.4, 0.5) is 11.6 Å². The first-order valence-electron chi connectivity index (χ1n) is 37.3. The molecule has 2 saturated heterocycles. The molecule has 2 aliphatic heterocycles. The lowest BCUT2D eigenvalue weighted by Crippen LogP contribution is -2.46. The van der Waals surface area contributed by atoms with Gasteiger partial charge in [0.05, 0.1) is 78.1 Å². The van der Waals surface area contributed by atoms with E-state index in [2.05, 4.69) is 86.9 Å². The van der Waals surface area contributed by atoms with Gasteiger partial charge in [0.15, 0.2) is 40.5 Å². The number of rotatable bonds is 53. The second-order valence-corrected chi connectivity index (χ2v) is 40.5. The van der Waals surface area contributed by atoms with Gasteiger partial charge in [-0.05, 0) is 26.7 Å². The number of nitrogens with zero attached hydrogens (tertiary/aromatic N) is 8. The molecule has 730 valence electrons. The summed E-state index contributed by atoms with van der Waals surface area (Å²) in [6.07, 6.45) is -18.3. The number of aliphatic hydroxyl groups excluding tert-OH is 7. The molecule has 0 aliphatic carbocycles. The van der Waals surface area contributed by atoms with Crippen molar-refractivity contribution in [2.24, 2.45) is 10.8 Å². The molecule has 17 N–H and O–H groups in total. The molecule has 4 amide bonds. The highest BCUT2D eigenvalue weighted by Crippen LogP contribution is 2.58. The smallest absolute Gasteiger partial charge is 0.274 e. The summed E-state index contributed by atoms with van der Waals surface area (Å²) in [4.78, 5) is 211. The third-order valence-corrected chi connectivity index (χ3v) is 25.2. The topological polar surface area (TPSA) is 954 Å². The molecule has 128 heavy (non-hydrogen) atoms. The first-order chi connectivity index (χ1) is 58.8. The van der Waals surface area contributed by atoms with E-state index in [4.69, 9.17) is 31.2 Å². The number of aliphatic carboxylic acids is 3. The maximum absolute atomic E-state index is 12.5. The highest BCUT2D eigenvalue weighted by atomic mass is 32.2. The molecular weight excluding hydrogens is 1890 g/mol. The minimum atomic E-state index is -5.95. The fourth-order valence-corrected chi connectivity index (χ4v) is 18.5. The normalized spacial score (nSPS) is 22.0. The summed E-state index contributed by atoms with van der Waals surface area (Å²) in [5.41, 5.74) is 3.31. The number of aromatic nitrogens is 8. The average Bonchev–Trinajstić information content (AvgIpc) is 1.62. The second-order valence-electron chi connectivity index (χ2n) is 29.9. The number of imidazole rings is 2. The monoisotopic (exact) mass is 1990 g/mol. The van der Waals surface area contributed by atoms with Gasteiger partial charge in [-0.2, -0.15) is 0 Å². The maximum atomic E-state index is 12.5. The lowest BCUT2D eigenvalue weighted by Gasteiger charge is -2.36. The van der Waals surface area contributed by atoms with Crippen molar-refractivity contribution in [3.63, 3.8) is 0 Å². The summed E-state index contributed by atoms with van der Waals surface area (Å²) in [5, 5.41) is 131. The van der Waals surface area contributed by atoms with E-state index < -0.39 is 247 Å². The van der Waals surface area contributed by atoms with Gasteiger partial charge in [-0.3, -0.25) is 51.4 Å². The molecule has 66 heteroatoms. The molecule has 4 aromatic rings. The van der Waals surface area contributed by atoms with E-state index in [-0.39, 0.29) is 97.3 Å². The van der Waals surface area contributed by atoms with Crippen LogP contribution in [0.1, 0.15) is 125 Å². The predicted octanol–water partition coefficient (Wildman–Crippen LogP) is -12.3. The minimum absolute atomic E-state index is 0.00721. The summed E-state index contributed by atoms with van der Waals surface area (Å²) in [6, 6.07) is 0. The molecule has 6 rings (SSSR count). The molecule has 0 saturated carbocycles. The first kappa shape index (κ1) is 114. The number of amides is 4. The zero-order valence-corrected chi connectivity index (χ0v) is 75.5. The van der Waals surface area contributed by atoms with Crippen LogP contribution in [-0.4, -0.2) is 273 Å². The van der Waals surface area contributed by atoms with Crippen LogP contribution in [0.3, 0.4) is 0 Å². The molecule has 0 spiro atoms. The number of hydrogen-bond donors (Lipinski definition) is 15. The number of hydrogen-bond acceptors (Lipinski definition) is 54. The van der Waals surface area contributed by atoms with Gasteiger partial charge < -0.3 is 193 Å². The Morgan fingerprint density at radius 2 is 0.930 bits per heavy atom. The number of carbonyl (C=O) groups is 8. The molecule has 2 fully saturated rings. The number of thioether (sulfide) groups is 2. The van der Waals surface area contributed by atoms with E-state index in [0.29, 0.717) is 6.42 Å². The summed E-state index contributed by atoms with van der Waals surface area (Å²) in [6.45, 7) is 3.70. The van der Waals surface area contributed by atoms with E-state index in [1.807, 2.05) is 6.92 Å². The van der Waals surface area contributed by atoms with Crippen LogP contribution in [0.5, 0.6) is 0 Å². The van der Waals surface area contributed by atoms with Gasteiger partial charge in [0, 0.05) is 111 Å². The maximum Gasteiger partial charge on any atom is 0.274 e. The number of aliphatic hydroxyl groups is 9. The minimum Gasteiger partial charge on any atom is -0.790 e. The Hall–Kier alpha value is -6.34.